The van der Waals surface area contributed by atoms with Gasteiger partial charge in [0.15, 0.2) is 5.43 Å². The van der Waals surface area contributed by atoms with Gasteiger partial charge < -0.3 is 9.67 Å². The number of phenolic OH excluding ortho intramolecular Hbond substituents is 1. The summed E-state index contributed by atoms with van der Waals surface area (Å²) in [6, 6.07) is 18.1. The van der Waals surface area contributed by atoms with Gasteiger partial charge in [-0.1, -0.05) is 6.07 Å². The molecular weight excluding hydrogens is 300 g/mol. The van der Waals surface area contributed by atoms with Crippen LogP contribution in [0.15, 0.2) is 84.0 Å². The fourth-order valence-electron chi connectivity index (χ4n) is 2.81. The quantitative estimate of drug-likeness (QED) is 0.613. The van der Waals surface area contributed by atoms with E-state index in [0.29, 0.717) is 5.39 Å². The van der Waals surface area contributed by atoms with Crippen molar-refractivity contribution in [1.29, 1.82) is 0 Å². The Hall–Kier alpha value is -3.40. The molecule has 4 heteroatoms. The Morgan fingerprint density at radius 2 is 1.58 bits per heavy atom. The Labute approximate surface area is 138 Å². The van der Waals surface area contributed by atoms with Gasteiger partial charge >= 0.3 is 0 Å². The van der Waals surface area contributed by atoms with Gasteiger partial charge in [0, 0.05) is 35.7 Å². The number of hydrogen-bond acceptors (Lipinski definition) is 3. The number of rotatable bonds is 2. The average molecular weight is 314 g/mol. The summed E-state index contributed by atoms with van der Waals surface area (Å²) < 4.78 is 1.95. The van der Waals surface area contributed by atoms with Crippen molar-refractivity contribution < 1.29 is 5.11 Å². The Morgan fingerprint density at radius 3 is 2.33 bits per heavy atom. The SMILES string of the molecule is O=c1ccn(-c2ccc(O)cc2)c2cc(-c3ccncc3)ccc12. The minimum Gasteiger partial charge on any atom is -0.508 e. The van der Waals surface area contributed by atoms with Crippen LogP contribution in [0.3, 0.4) is 0 Å². The van der Waals surface area contributed by atoms with Crippen LogP contribution < -0.4 is 5.43 Å². The van der Waals surface area contributed by atoms with E-state index in [0.717, 1.165) is 22.3 Å². The predicted octanol–water partition coefficient (Wildman–Crippen LogP) is 3.76. The van der Waals surface area contributed by atoms with Crippen LogP contribution in [0.5, 0.6) is 5.75 Å². The average Bonchev–Trinajstić information content (AvgIpc) is 2.63. The van der Waals surface area contributed by atoms with Crippen LogP contribution >= 0.6 is 0 Å². The Morgan fingerprint density at radius 1 is 0.833 bits per heavy atom. The molecule has 0 amide bonds. The number of hydrogen-bond donors (Lipinski definition) is 1. The Bertz CT molecular complexity index is 1070. The number of nitrogens with zero attached hydrogens (tertiary/aromatic N) is 2. The van der Waals surface area contributed by atoms with Crippen molar-refractivity contribution in [2.45, 2.75) is 0 Å². The van der Waals surface area contributed by atoms with Crippen molar-refractivity contribution in [3.63, 3.8) is 0 Å². The molecule has 0 unspecified atom stereocenters. The van der Waals surface area contributed by atoms with Gasteiger partial charge in [0.2, 0.25) is 0 Å². The molecule has 0 saturated carbocycles. The van der Waals surface area contributed by atoms with Crippen LogP contribution in [0.4, 0.5) is 0 Å². The maximum atomic E-state index is 12.2. The van der Waals surface area contributed by atoms with Gasteiger partial charge in [-0.15, -0.1) is 0 Å². The molecule has 2 aromatic heterocycles. The third-order valence-corrected chi connectivity index (χ3v) is 4.04. The fourth-order valence-corrected chi connectivity index (χ4v) is 2.81. The molecule has 0 radical (unpaired) electrons. The van der Waals surface area contributed by atoms with Crippen LogP contribution in [0.1, 0.15) is 0 Å². The highest BCUT2D eigenvalue weighted by atomic mass is 16.3. The molecule has 0 fully saturated rings. The second-order valence-electron chi connectivity index (χ2n) is 5.53. The summed E-state index contributed by atoms with van der Waals surface area (Å²) in [4.78, 5) is 16.2. The number of aromatic hydroxyl groups is 1. The molecule has 116 valence electrons. The van der Waals surface area contributed by atoms with Gasteiger partial charge in [-0.3, -0.25) is 9.78 Å². The lowest BCUT2D eigenvalue weighted by Crippen LogP contribution is -2.06. The number of phenols is 1. The van der Waals surface area contributed by atoms with E-state index in [9.17, 15) is 9.90 Å². The zero-order valence-corrected chi connectivity index (χ0v) is 12.8. The van der Waals surface area contributed by atoms with Gasteiger partial charge in [-0.25, -0.2) is 0 Å². The Kier molecular flexibility index (Phi) is 3.35. The van der Waals surface area contributed by atoms with Gasteiger partial charge in [-0.2, -0.15) is 0 Å². The van der Waals surface area contributed by atoms with Crippen LogP contribution in [-0.2, 0) is 0 Å². The van der Waals surface area contributed by atoms with Crippen LogP contribution in [0, 0.1) is 0 Å². The minimum atomic E-state index is -0.0127. The summed E-state index contributed by atoms with van der Waals surface area (Å²) in [6.45, 7) is 0. The van der Waals surface area contributed by atoms with Crippen molar-refractivity contribution in [1.82, 2.24) is 9.55 Å². The number of pyridine rings is 2. The smallest absolute Gasteiger partial charge is 0.189 e. The van der Waals surface area contributed by atoms with E-state index in [1.807, 2.05) is 47.0 Å². The second kappa shape index (κ2) is 5.66. The van der Waals surface area contributed by atoms with Crippen LogP contribution in [-0.4, -0.2) is 14.7 Å². The minimum absolute atomic E-state index is 0.0127. The van der Waals surface area contributed by atoms with E-state index in [-0.39, 0.29) is 11.2 Å². The number of benzene rings is 2. The molecule has 2 heterocycles. The highest BCUT2D eigenvalue weighted by Crippen LogP contribution is 2.25. The highest BCUT2D eigenvalue weighted by molar-refractivity contribution is 5.85. The van der Waals surface area contributed by atoms with Crippen molar-refractivity contribution in [2.75, 3.05) is 0 Å². The summed E-state index contributed by atoms with van der Waals surface area (Å²) in [7, 11) is 0. The van der Waals surface area contributed by atoms with E-state index >= 15 is 0 Å². The zero-order valence-electron chi connectivity index (χ0n) is 12.8. The number of aromatic nitrogens is 2. The predicted molar refractivity (Wildman–Crippen MR) is 94.4 cm³/mol. The molecule has 0 saturated heterocycles. The monoisotopic (exact) mass is 314 g/mol. The third-order valence-electron chi connectivity index (χ3n) is 4.04. The second-order valence-corrected chi connectivity index (χ2v) is 5.53. The van der Waals surface area contributed by atoms with Gasteiger partial charge in [0.1, 0.15) is 5.75 Å². The maximum absolute atomic E-state index is 12.2. The molecular formula is C20H14N2O2. The molecule has 4 rings (SSSR count). The molecule has 0 bridgehead atoms. The van der Waals surface area contributed by atoms with E-state index in [1.54, 1.807) is 36.8 Å². The first-order valence-corrected chi connectivity index (χ1v) is 7.57. The lowest BCUT2D eigenvalue weighted by atomic mass is 10.0. The van der Waals surface area contributed by atoms with Gasteiger partial charge in [-0.05, 0) is 59.7 Å². The summed E-state index contributed by atoms with van der Waals surface area (Å²) in [6.07, 6.45) is 5.25. The van der Waals surface area contributed by atoms with E-state index in [4.69, 9.17) is 0 Å². The van der Waals surface area contributed by atoms with E-state index in [1.165, 1.54) is 0 Å². The zero-order chi connectivity index (χ0) is 16.5. The number of fused-ring (bicyclic) bond motifs is 1. The molecule has 0 atom stereocenters. The molecule has 4 aromatic rings. The summed E-state index contributed by atoms with van der Waals surface area (Å²) in [5.74, 6) is 0.210. The third kappa shape index (κ3) is 2.44. The molecule has 24 heavy (non-hydrogen) atoms. The molecule has 2 aromatic carbocycles. The van der Waals surface area contributed by atoms with E-state index < -0.39 is 0 Å². The van der Waals surface area contributed by atoms with Crippen molar-refractivity contribution in [2.24, 2.45) is 0 Å². The first-order valence-electron chi connectivity index (χ1n) is 7.57. The van der Waals surface area contributed by atoms with Crippen molar-refractivity contribution >= 4 is 10.9 Å². The largest absolute Gasteiger partial charge is 0.508 e. The Balaban J connectivity index is 1.99. The maximum Gasteiger partial charge on any atom is 0.189 e. The summed E-state index contributed by atoms with van der Waals surface area (Å²) >= 11 is 0. The van der Waals surface area contributed by atoms with E-state index in [2.05, 4.69) is 4.98 Å². The normalized spacial score (nSPS) is 10.8. The summed E-state index contributed by atoms with van der Waals surface area (Å²) in [5, 5.41) is 10.1. The summed E-state index contributed by atoms with van der Waals surface area (Å²) in [5.41, 5.74) is 3.75. The lowest BCUT2D eigenvalue weighted by Gasteiger charge is -2.12. The van der Waals surface area contributed by atoms with Crippen molar-refractivity contribution in [3.8, 4) is 22.6 Å². The van der Waals surface area contributed by atoms with Crippen LogP contribution in [0.2, 0.25) is 0 Å². The first kappa shape index (κ1) is 14.2. The molecule has 0 spiro atoms. The highest BCUT2D eigenvalue weighted by Gasteiger charge is 2.07. The molecule has 4 nitrogen and oxygen atoms in total. The van der Waals surface area contributed by atoms with Crippen LogP contribution in [0.25, 0.3) is 27.7 Å². The molecule has 0 aliphatic carbocycles. The standard InChI is InChI=1S/C20H14N2O2/c23-17-4-2-16(3-5-17)22-12-9-20(24)18-6-1-15(13-19(18)22)14-7-10-21-11-8-14/h1-13,23H. The molecule has 1 N–H and O–H groups in total. The topological polar surface area (TPSA) is 55.1 Å². The molecule has 0 aliphatic rings. The van der Waals surface area contributed by atoms with Gasteiger partial charge in [0.25, 0.3) is 0 Å². The molecule has 0 aliphatic heterocycles. The van der Waals surface area contributed by atoms with Gasteiger partial charge in [0.05, 0.1) is 5.52 Å². The lowest BCUT2D eigenvalue weighted by molar-refractivity contribution is 0.475. The van der Waals surface area contributed by atoms with Crippen molar-refractivity contribution in [3.05, 3.63) is 89.5 Å². The first-order chi connectivity index (χ1) is 11.7. The fraction of sp³-hybridized carbons (Fsp3) is 0.